The van der Waals surface area contributed by atoms with E-state index in [4.69, 9.17) is 39.3 Å². The number of alkyl halides is 3. The van der Waals surface area contributed by atoms with Crippen LogP contribution in [-0.2, 0) is 3.79 Å². The van der Waals surface area contributed by atoms with E-state index >= 15 is 0 Å². The van der Waals surface area contributed by atoms with Gasteiger partial charge in [0.2, 0.25) is 5.82 Å². The Labute approximate surface area is 107 Å². The molecular formula is C9H6Cl3N3O. The van der Waals surface area contributed by atoms with Gasteiger partial charge in [-0.15, -0.1) is 0 Å². The molecule has 0 radical (unpaired) electrons. The lowest BCUT2D eigenvalue weighted by Crippen LogP contribution is -2.00. The van der Waals surface area contributed by atoms with Crippen molar-refractivity contribution in [2.24, 2.45) is 0 Å². The van der Waals surface area contributed by atoms with Crippen molar-refractivity contribution >= 4 is 34.8 Å². The summed E-state index contributed by atoms with van der Waals surface area (Å²) in [5.41, 5.74) is 1.52. The minimum atomic E-state index is -1.71. The number of aryl methyl sites for hydroxylation is 1. The topological polar surface area (TPSA) is 51.8 Å². The van der Waals surface area contributed by atoms with E-state index in [9.17, 15) is 0 Å². The first-order chi connectivity index (χ1) is 7.48. The Morgan fingerprint density at radius 1 is 1.31 bits per heavy atom. The lowest BCUT2D eigenvalue weighted by Gasteiger charge is -2.01. The molecule has 84 valence electrons. The molecule has 0 bridgehead atoms. The second kappa shape index (κ2) is 4.20. The summed E-state index contributed by atoms with van der Waals surface area (Å²) < 4.78 is 3.13. The molecule has 0 aliphatic rings. The number of halogens is 3. The van der Waals surface area contributed by atoms with E-state index in [0.717, 1.165) is 5.56 Å². The zero-order chi connectivity index (χ0) is 11.8. The molecule has 2 rings (SSSR count). The average molecular weight is 279 g/mol. The lowest BCUT2D eigenvalue weighted by molar-refractivity contribution is 0.383. The molecule has 0 saturated carbocycles. The van der Waals surface area contributed by atoms with Crippen molar-refractivity contribution in [1.82, 2.24) is 15.1 Å². The molecule has 7 heteroatoms. The van der Waals surface area contributed by atoms with Gasteiger partial charge in [-0.3, -0.25) is 4.98 Å². The molecule has 0 atom stereocenters. The Bertz CT molecular complexity index is 507. The summed E-state index contributed by atoms with van der Waals surface area (Å²) in [4.78, 5) is 8.11. The van der Waals surface area contributed by atoms with Crippen LogP contribution in [0.2, 0.25) is 0 Å². The predicted molar refractivity (Wildman–Crippen MR) is 61.5 cm³/mol. The van der Waals surface area contributed by atoms with Gasteiger partial charge in [0, 0.05) is 6.20 Å². The summed E-state index contributed by atoms with van der Waals surface area (Å²) >= 11 is 16.8. The van der Waals surface area contributed by atoms with Crippen molar-refractivity contribution in [3.05, 3.63) is 29.8 Å². The standard InChI is InChI=1S/C9H6Cl3N3O/c1-5-3-2-4-13-6(5)7-14-8(16-15-7)9(10,11)12/h2-4H,1H3. The number of hydrogen-bond acceptors (Lipinski definition) is 4. The Morgan fingerprint density at radius 3 is 2.62 bits per heavy atom. The van der Waals surface area contributed by atoms with Crippen LogP contribution in [0.5, 0.6) is 0 Å². The van der Waals surface area contributed by atoms with Crippen molar-refractivity contribution in [2.45, 2.75) is 10.7 Å². The molecule has 0 N–H and O–H groups in total. The summed E-state index contributed by atoms with van der Waals surface area (Å²) in [5.74, 6) is 0.233. The van der Waals surface area contributed by atoms with Gasteiger partial charge in [-0.25, -0.2) is 0 Å². The molecule has 4 nitrogen and oxygen atoms in total. The van der Waals surface area contributed by atoms with Gasteiger partial charge in [-0.05, 0) is 18.6 Å². The molecule has 0 unspecified atom stereocenters. The van der Waals surface area contributed by atoms with Crippen LogP contribution in [0.4, 0.5) is 0 Å². The number of pyridine rings is 1. The maximum atomic E-state index is 5.61. The Balaban J connectivity index is 2.44. The fourth-order valence-corrected chi connectivity index (χ4v) is 1.38. The maximum Gasteiger partial charge on any atom is 0.279 e. The maximum absolute atomic E-state index is 5.61. The summed E-state index contributed by atoms with van der Waals surface area (Å²) in [5, 5.41) is 3.71. The molecule has 2 aromatic heterocycles. The SMILES string of the molecule is Cc1cccnc1-c1noc(C(Cl)(Cl)Cl)n1. The minimum absolute atomic E-state index is 0.0717. The third-order valence-electron chi connectivity index (χ3n) is 1.89. The average Bonchev–Trinajstić information content (AvgIpc) is 2.66. The van der Waals surface area contributed by atoms with Crippen molar-refractivity contribution in [3.8, 4) is 11.5 Å². The molecule has 0 spiro atoms. The zero-order valence-electron chi connectivity index (χ0n) is 8.12. The van der Waals surface area contributed by atoms with Gasteiger partial charge in [0.1, 0.15) is 5.69 Å². The minimum Gasteiger partial charge on any atom is -0.334 e. The first kappa shape index (κ1) is 11.6. The fraction of sp³-hybridized carbons (Fsp3) is 0.222. The fourth-order valence-electron chi connectivity index (χ4n) is 1.15. The van der Waals surface area contributed by atoms with Crippen LogP contribution in [0.25, 0.3) is 11.5 Å². The van der Waals surface area contributed by atoms with Crippen molar-refractivity contribution < 1.29 is 4.52 Å². The van der Waals surface area contributed by atoms with E-state index in [2.05, 4.69) is 15.1 Å². The van der Waals surface area contributed by atoms with Crippen LogP contribution < -0.4 is 0 Å². The van der Waals surface area contributed by atoms with Crippen molar-refractivity contribution in [2.75, 3.05) is 0 Å². The number of rotatable bonds is 1. The third-order valence-corrected chi connectivity index (χ3v) is 2.37. The third kappa shape index (κ3) is 2.29. The number of aromatic nitrogens is 3. The van der Waals surface area contributed by atoms with E-state index in [1.165, 1.54) is 0 Å². The molecule has 2 aromatic rings. The summed E-state index contributed by atoms with van der Waals surface area (Å²) in [6, 6.07) is 3.70. The summed E-state index contributed by atoms with van der Waals surface area (Å²) in [6.45, 7) is 1.88. The molecule has 2 heterocycles. The van der Waals surface area contributed by atoms with E-state index in [1.54, 1.807) is 6.20 Å². The molecule has 0 aromatic carbocycles. The number of nitrogens with zero attached hydrogens (tertiary/aromatic N) is 3. The zero-order valence-corrected chi connectivity index (χ0v) is 10.4. The van der Waals surface area contributed by atoms with E-state index in [0.29, 0.717) is 11.5 Å². The Hall–Kier alpha value is -0.840. The van der Waals surface area contributed by atoms with Gasteiger partial charge in [0.05, 0.1) is 0 Å². The van der Waals surface area contributed by atoms with Crippen LogP contribution in [0, 0.1) is 6.92 Å². The van der Waals surface area contributed by atoms with Gasteiger partial charge in [-0.2, -0.15) is 4.98 Å². The van der Waals surface area contributed by atoms with E-state index < -0.39 is 3.79 Å². The van der Waals surface area contributed by atoms with Crippen LogP contribution in [0.3, 0.4) is 0 Å². The van der Waals surface area contributed by atoms with Crippen LogP contribution in [0.15, 0.2) is 22.9 Å². The van der Waals surface area contributed by atoms with Crippen LogP contribution >= 0.6 is 34.8 Å². The first-order valence-corrected chi connectivity index (χ1v) is 5.45. The Morgan fingerprint density at radius 2 is 2.06 bits per heavy atom. The summed E-state index contributed by atoms with van der Waals surface area (Å²) in [6.07, 6.45) is 1.63. The highest BCUT2D eigenvalue weighted by atomic mass is 35.6. The molecular weight excluding hydrogens is 272 g/mol. The Kier molecular flexibility index (Phi) is 3.06. The molecule has 0 aliphatic heterocycles. The highest BCUT2D eigenvalue weighted by Gasteiger charge is 2.31. The smallest absolute Gasteiger partial charge is 0.279 e. The highest BCUT2D eigenvalue weighted by Crippen LogP contribution is 2.37. The second-order valence-electron chi connectivity index (χ2n) is 3.09. The molecule has 0 amide bonds. The van der Waals surface area contributed by atoms with Crippen LogP contribution in [-0.4, -0.2) is 15.1 Å². The van der Waals surface area contributed by atoms with E-state index in [1.807, 2.05) is 19.1 Å². The highest BCUT2D eigenvalue weighted by molar-refractivity contribution is 6.66. The van der Waals surface area contributed by atoms with Gasteiger partial charge in [0.15, 0.2) is 0 Å². The van der Waals surface area contributed by atoms with Crippen LogP contribution in [0.1, 0.15) is 11.5 Å². The molecule has 0 saturated heterocycles. The van der Waals surface area contributed by atoms with E-state index in [-0.39, 0.29) is 5.89 Å². The van der Waals surface area contributed by atoms with Gasteiger partial charge < -0.3 is 4.52 Å². The number of hydrogen-bond donors (Lipinski definition) is 0. The van der Waals surface area contributed by atoms with Gasteiger partial charge in [-0.1, -0.05) is 46.0 Å². The molecule has 0 aliphatic carbocycles. The largest absolute Gasteiger partial charge is 0.334 e. The predicted octanol–water partition coefficient (Wildman–Crippen LogP) is 3.27. The monoisotopic (exact) mass is 277 g/mol. The molecule has 16 heavy (non-hydrogen) atoms. The quantitative estimate of drug-likeness (QED) is 0.751. The second-order valence-corrected chi connectivity index (χ2v) is 5.37. The lowest BCUT2D eigenvalue weighted by atomic mass is 10.2. The normalized spacial score (nSPS) is 11.8. The van der Waals surface area contributed by atoms with Crippen molar-refractivity contribution in [1.29, 1.82) is 0 Å². The van der Waals surface area contributed by atoms with Gasteiger partial charge in [0.25, 0.3) is 9.68 Å². The molecule has 0 fully saturated rings. The van der Waals surface area contributed by atoms with Gasteiger partial charge >= 0.3 is 0 Å². The van der Waals surface area contributed by atoms with Crippen molar-refractivity contribution in [3.63, 3.8) is 0 Å². The first-order valence-electron chi connectivity index (χ1n) is 4.31. The summed E-state index contributed by atoms with van der Waals surface area (Å²) in [7, 11) is 0.